The second-order valence-electron chi connectivity index (χ2n) is 8.79. The molecule has 35 heavy (non-hydrogen) atoms. The van der Waals surface area contributed by atoms with E-state index in [1.54, 1.807) is 60.1 Å². The number of fused-ring (bicyclic) bond motifs is 1. The number of carbonyl (C=O) groups excluding carboxylic acids is 3. The van der Waals surface area contributed by atoms with Gasteiger partial charge in [0.1, 0.15) is 17.2 Å². The van der Waals surface area contributed by atoms with Gasteiger partial charge in [-0.2, -0.15) is 0 Å². The summed E-state index contributed by atoms with van der Waals surface area (Å²) >= 11 is 0. The largest absolute Gasteiger partial charge is 0.382 e. The summed E-state index contributed by atoms with van der Waals surface area (Å²) in [5.74, 6) is 0.267. The van der Waals surface area contributed by atoms with Gasteiger partial charge in [-0.1, -0.05) is 18.7 Å². The van der Waals surface area contributed by atoms with Crippen molar-refractivity contribution >= 4 is 34.7 Å². The molecule has 10 nitrogen and oxygen atoms in total. The van der Waals surface area contributed by atoms with E-state index in [1.807, 2.05) is 0 Å². The lowest BCUT2D eigenvalue weighted by Gasteiger charge is -2.31. The highest BCUT2D eigenvalue weighted by Gasteiger charge is 2.29. The van der Waals surface area contributed by atoms with E-state index in [0.29, 0.717) is 30.1 Å². The maximum atomic E-state index is 13.2. The zero-order valence-electron chi connectivity index (χ0n) is 19.9. The highest BCUT2D eigenvalue weighted by atomic mass is 16.2. The van der Waals surface area contributed by atoms with E-state index in [9.17, 15) is 14.4 Å². The van der Waals surface area contributed by atoms with Crippen LogP contribution >= 0.6 is 0 Å². The third-order valence-corrected chi connectivity index (χ3v) is 6.16. The molecule has 182 valence electrons. The third kappa shape index (κ3) is 5.01. The molecule has 1 aliphatic heterocycles. The number of aromatic nitrogens is 3. The number of nitrogens with zero attached hydrogens (tertiary/aromatic N) is 5. The summed E-state index contributed by atoms with van der Waals surface area (Å²) in [7, 11) is 3.42. The van der Waals surface area contributed by atoms with E-state index in [1.165, 1.54) is 11.0 Å². The van der Waals surface area contributed by atoms with Gasteiger partial charge in [0.05, 0.1) is 6.42 Å². The summed E-state index contributed by atoms with van der Waals surface area (Å²) < 4.78 is 1.79. The van der Waals surface area contributed by atoms with Gasteiger partial charge < -0.3 is 20.9 Å². The van der Waals surface area contributed by atoms with Crippen LogP contribution in [0.25, 0.3) is 5.52 Å². The Kier molecular flexibility index (Phi) is 6.81. The van der Waals surface area contributed by atoms with Crippen LogP contribution < -0.4 is 11.1 Å². The van der Waals surface area contributed by atoms with Crippen molar-refractivity contribution in [2.75, 3.05) is 38.2 Å². The number of carbonyl (C=O) groups is 3. The first-order chi connectivity index (χ1) is 16.8. The Bertz CT molecular complexity index is 1280. The smallest absolute Gasteiger partial charge is 0.276 e. The molecule has 0 bridgehead atoms. The van der Waals surface area contributed by atoms with Crippen molar-refractivity contribution in [1.82, 2.24) is 24.2 Å². The zero-order chi connectivity index (χ0) is 25.1. The Morgan fingerprint density at radius 1 is 1.26 bits per heavy atom. The van der Waals surface area contributed by atoms with Gasteiger partial charge in [0.2, 0.25) is 11.8 Å². The molecule has 3 amide bonds. The van der Waals surface area contributed by atoms with E-state index in [2.05, 4.69) is 21.9 Å². The lowest BCUT2D eigenvalue weighted by molar-refractivity contribution is -0.128. The number of rotatable bonds is 6. The quantitative estimate of drug-likeness (QED) is 0.526. The molecule has 1 saturated heterocycles. The molecular weight excluding hydrogens is 446 g/mol. The molecule has 4 rings (SSSR count). The fraction of sp³-hybridized carbons (Fsp3) is 0.320. The van der Waals surface area contributed by atoms with Crippen LogP contribution in [0.15, 0.2) is 49.3 Å². The van der Waals surface area contributed by atoms with Crippen LogP contribution in [0.1, 0.15) is 40.6 Å². The summed E-state index contributed by atoms with van der Waals surface area (Å²) in [6.07, 6.45) is 6.55. The summed E-state index contributed by atoms with van der Waals surface area (Å²) in [6, 6.07) is 7.10. The van der Waals surface area contributed by atoms with Crippen LogP contribution in [0.4, 0.5) is 11.5 Å². The number of likely N-dealkylation sites (N-methyl/N-ethyl adjacent to an activating group) is 1. The highest BCUT2D eigenvalue weighted by Crippen LogP contribution is 2.30. The van der Waals surface area contributed by atoms with Gasteiger partial charge in [-0.3, -0.25) is 18.8 Å². The second kappa shape index (κ2) is 9.96. The SMILES string of the molecule is C=CC(=O)N1CCC[C@@H](c2nc(C(=O)Nc3ccc(CC(=O)N(C)C)cc3)c3c(N)nccn23)C1. The Morgan fingerprint density at radius 2 is 2.00 bits per heavy atom. The van der Waals surface area contributed by atoms with E-state index in [-0.39, 0.29) is 35.7 Å². The number of likely N-dealkylation sites (tertiary alicyclic amines) is 1. The van der Waals surface area contributed by atoms with Crippen molar-refractivity contribution in [3.63, 3.8) is 0 Å². The van der Waals surface area contributed by atoms with Crippen LogP contribution in [-0.2, 0) is 16.0 Å². The van der Waals surface area contributed by atoms with Crippen molar-refractivity contribution in [2.45, 2.75) is 25.2 Å². The number of imidazole rings is 1. The standard InChI is InChI=1S/C25H29N7O3/c1-4-19(33)31-12-5-6-17(15-31)24-29-21(22-23(26)27-11-13-32(22)24)25(35)28-18-9-7-16(8-10-18)14-20(34)30(2)3/h4,7-11,13,17H,1,5-6,12,14-15H2,2-3H3,(H2,26,27)(H,28,35)/t17-/m1/s1. The van der Waals surface area contributed by atoms with Crippen LogP contribution in [-0.4, -0.2) is 69.1 Å². The average molecular weight is 476 g/mol. The molecule has 3 aromatic rings. The Balaban J connectivity index is 1.60. The minimum absolute atomic E-state index is 0.00200. The van der Waals surface area contributed by atoms with E-state index in [4.69, 9.17) is 5.73 Å². The third-order valence-electron chi connectivity index (χ3n) is 6.16. The van der Waals surface area contributed by atoms with Crippen LogP contribution in [0.3, 0.4) is 0 Å². The number of amides is 3. The molecule has 1 fully saturated rings. The Morgan fingerprint density at radius 3 is 2.69 bits per heavy atom. The summed E-state index contributed by atoms with van der Waals surface area (Å²) in [5, 5.41) is 2.86. The molecule has 10 heteroatoms. The molecule has 1 atom stereocenters. The number of hydrogen-bond donors (Lipinski definition) is 2. The van der Waals surface area contributed by atoms with Crippen molar-refractivity contribution in [2.24, 2.45) is 0 Å². The first kappa shape index (κ1) is 23.9. The van der Waals surface area contributed by atoms with E-state index >= 15 is 0 Å². The molecule has 2 aromatic heterocycles. The summed E-state index contributed by atoms with van der Waals surface area (Å²) in [6.45, 7) is 4.73. The average Bonchev–Trinajstić information content (AvgIpc) is 3.26. The van der Waals surface area contributed by atoms with Crippen molar-refractivity contribution in [1.29, 1.82) is 0 Å². The van der Waals surface area contributed by atoms with Gasteiger partial charge in [0.15, 0.2) is 5.69 Å². The maximum absolute atomic E-state index is 13.2. The minimum atomic E-state index is -0.416. The fourth-order valence-corrected chi connectivity index (χ4v) is 4.28. The van der Waals surface area contributed by atoms with Gasteiger partial charge in [0, 0.05) is 51.2 Å². The predicted molar refractivity (Wildman–Crippen MR) is 133 cm³/mol. The zero-order valence-corrected chi connectivity index (χ0v) is 19.9. The van der Waals surface area contributed by atoms with Crippen LogP contribution in [0, 0.1) is 0 Å². The Hall–Kier alpha value is -4.21. The highest BCUT2D eigenvalue weighted by molar-refractivity contribution is 6.09. The molecule has 0 aliphatic carbocycles. The molecule has 0 radical (unpaired) electrons. The van der Waals surface area contributed by atoms with Crippen molar-refractivity contribution in [3.05, 3.63) is 66.4 Å². The summed E-state index contributed by atoms with van der Waals surface area (Å²) in [4.78, 5) is 49.4. The number of benzene rings is 1. The molecule has 3 N–H and O–H groups in total. The summed E-state index contributed by atoms with van der Waals surface area (Å²) in [5.41, 5.74) is 8.17. The second-order valence-corrected chi connectivity index (χ2v) is 8.79. The molecule has 3 heterocycles. The van der Waals surface area contributed by atoms with Crippen molar-refractivity contribution in [3.8, 4) is 0 Å². The first-order valence-corrected chi connectivity index (χ1v) is 11.4. The number of piperidine rings is 1. The van der Waals surface area contributed by atoms with Gasteiger partial charge >= 0.3 is 0 Å². The number of nitrogen functional groups attached to an aromatic ring is 1. The van der Waals surface area contributed by atoms with Crippen molar-refractivity contribution < 1.29 is 14.4 Å². The number of anilines is 2. The molecule has 0 saturated carbocycles. The molecule has 0 unspecified atom stereocenters. The van der Waals surface area contributed by atoms with Gasteiger partial charge in [-0.25, -0.2) is 9.97 Å². The number of nitrogens with one attached hydrogen (secondary N) is 1. The lowest BCUT2D eigenvalue weighted by Crippen LogP contribution is -2.38. The molecular formula is C25H29N7O3. The van der Waals surface area contributed by atoms with Gasteiger partial charge in [-0.05, 0) is 36.6 Å². The number of nitrogens with two attached hydrogens (primary N) is 1. The first-order valence-electron chi connectivity index (χ1n) is 11.4. The maximum Gasteiger partial charge on any atom is 0.276 e. The van der Waals surface area contributed by atoms with Crippen LogP contribution in [0.5, 0.6) is 0 Å². The Labute approximate surface area is 203 Å². The van der Waals surface area contributed by atoms with E-state index < -0.39 is 5.91 Å². The van der Waals surface area contributed by atoms with Gasteiger partial charge in [-0.15, -0.1) is 0 Å². The topological polar surface area (TPSA) is 126 Å². The fourth-order valence-electron chi connectivity index (χ4n) is 4.28. The normalized spacial score (nSPS) is 15.6. The monoisotopic (exact) mass is 475 g/mol. The number of hydrogen-bond acceptors (Lipinski definition) is 6. The van der Waals surface area contributed by atoms with Gasteiger partial charge in [0.25, 0.3) is 5.91 Å². The molecule has 0 spiro atoms. The van der Waals surface area contributed by atoms with Crippen LogP contribution in [0.2, 0.25) is 0 Å². The minimum Gasteiger partial charge on any atom is -0.382 e. The molecule has 1 aliphatic rings. The predicted octanol–water partition coefficient (Wildman–Crippen LogP) is 2.09. The lowest BCUT2D eigenvalue weighted by atomic mass is 9.97. The molecule has 1 aromatic carbocycles. The van der Waals surface area contributed by atoms with E-state index in [0.717, 1.165) is 18.4 Å².